The Morgan fingerprint density at radius 3 is 2.00 bits per heavy atom. The lowest BCUT2D eigenvalue weighted by Crippen LogP contribution is -2.25. The lowest BCUT2D eigenvalue weighted by molar-refractivity contribution is 0.392. The highest BCUT2D eigenvalue weighted by molar-refractivity contribution is 7.80. The number of allylic oxidation sites excluding steroid dienone is 6. The molecule has 0 bridgehead atoms. The molecule has 0 aromatic heterocycles. The molecule has 0 radical (unpaired) electrons. The minimum atomic E-state index is 0.115. The molecule has 6 nitrogen and oxygen atoms in total. The second-order valence-corrected chi connectivity index (χ2v) is 3.69. The van der Waals surface area contributed by atoms with Crippen LogP contribution >= 0.6 is 12.2 Å². The number of nitrogens with zero attached hydrogens (tertiary/aromatic N) is 1. The molecule has 7 N–H and O–H groups in total. The van der Waals surface area contributed by atoms with Gasteiger partial charge in [-0.15, -0.1) is 0 Å². The van der Waals surface area contributed by atoms with E-state index in [9.17, 15) is 0 Å². The van der Waals surface area contributed by atoms with Crippen LogP contribution in [-0.4, -0.2) is 38.4 Å². The number of guanidine groups is 1. The molecule has 0 atom stereocenters. The van der Waals surface area contributed by atoms with Gasteiger partial charge in [0.15, 0.2) is 5.96 Å². The van der Waals surface area contributed by atoms with Gasteiger partial charge < -0.3 is 27.3 Å². The molecule has 0 saturated carbocycles. The topological polar surface area (TPSA) is 112 Å². The minimum Gasteiger partial charge on any atom is -0.474 e. The average Bonchev–Trinajstić information content (AvgIpc) is 2.53. The number of thiocarbonyl (C=S) groups is 1. The van der Waals surface area contributed by atoms with Crippen molar-refractivity contribution in [2.24, 2.45) is 22.2 Å². The number of rotatable bonds is 7. The van der Waals surface area contributed by atoms with Gasteiger partial charge in [-0.25, -0.2) is 0 Å². The van der Waals surface area contributed by atoms with E-state index in [0.29, 0.717) is 18.3 Å². The van der Waals surface area contributed by atoms with Gasteiger partial charge in [-0.1, -0.05) is 49.6 Å². The van der Waals surface area contributed by atoms with E-state index in [1.807, 2.05) is 24.3 Å². The maximum Gasteiger partial charge on any atom is 0.256 e. The average molecular weight is 327 g/mol. The Morgan fingerprint density at radius 2 is 1.64 bits per heavy atom. The van der Waals surface area contributed by atoms with E-state index >= 15 is 0 Å². The Morgan fingerprint density at radius 1 is 1.14 bits per heavy atom. The summed E-state index contributed by atoms with van der Waals surface area (Å²) in [7, 11) is 3.02. The zero-order valence-electron chi connectivity index (χ0n) is 13.5. The quantitative estimate of drug-likeness (QED) is 0.184. The van der Waals surface area contributed by atoms with Gasteiger partial charge in [0.2, 0.25) is 0 Å². The highest BCUT2D eigenvalue weighted by Gasteiger charge is 1.90. The maximum atomic E-state index is 5.12. The highest BCUT2D eigenvalue weighted by Crippen LogP contribution is 1.80. The molecule has 0 fully saturated rings. The van der Waals surface area contributed by atoms with Crippen molar-refractivity contribution in [2.45, 2.75) is 6.42 Å². The smallest absolute Gasteiger partial charge is 0.256 e. The highest BCUT2D eigenvalue weighted by atomic mass is 32.1. The molecular weight excluding hydrogens is 298 g/mol. The maximum absolute atomic E-state index is 5.12. The molecule has 0 heterocycles. The van der Waals surface area contributed by atoms with Crippen LogP contribution in [0.15, 0.2) is 54.6 Å². The third-order valence-electron chi connectivity index (χ3n) is 1.69. The van der Waals surface area contributed by atoms with Crippen LogP contribution in [0.25, 0.3) is 0 Å². The molecule has 0 saturated heterocycles. The number of nitrogens with one attached hydrogen (secondary N) is 1. The summed E-state index contributed by atoms with van der Waals surface area (Å²) >= 11 is 4.74. The first-order chi connectivity index (χ1) is 10.6. The molecule has 0 aromatic carbocycles. The van der Waals surface area contributed by atoms with Gasteiger partial charge >= 0.3 is 0 Å². The molecule has 7 heteroatoms. The number of hydrogen-bond donors (Lipinski definition) is 4. The Bertz CT molecular complexity index is 345. The van der Waals surface area contributed by atoms with Crippen molar-refractivity contribution in [2.75, 3.05) is 27.2 Å². The van der Waals surface area contributed by atoms with Crippen LogP contribution in [0.4, 0.5) is 0 Å². The van der Waals surface area contributed by atoms with E-state index in [1.165, 1.54) is 14.2 Å². The molecule has 0 spiro atoms. The van der Waals surface area contributed by atoms with Crippen LogP contribution in [-0.2, 0) is 4.74 Å². The number of aliphatic imine (C=N–C) groups is 1. The molecule has 0 rings (SSSR count). The van der Waals surface area contributed by atoms with Crippen molar-refractivity contribution in [3.8, 4) is 0 Å². The number of nitrogens with two attached hydrogens (primary N) is 3. The fraction of sp³-hybridized carbons (Fsp3) is 0.333. The fourth-order valence-corrected chi connectivity index (χ4v) is 0.937. The molecule has 0 unspecified atom stereocenters. The second kappa shape index (κ2) is 23.9. The monoisotopic (exact) mass is 327 g/mol. The lowest BCUT2D eigenvalue weighted by atomic mass is 10.4. The predicted octanol–water partition coefficient (Wildman–Crippen LogP) is 1.22. The summed E-state index contributed by atoms with van der Waals surface area (Å²) in [5.41, 5.74) is 14.7. The molecule has 0 aromatic rings. The van der Waals surface area contributed by atoms with Gasteiger partial charge in [0.1, 0.15) is 0 Å². The Labute approximate surface area is 139 Å². The Kier molecular flexibility index (Phi) is 27.1. The van der Waals surface area contributed by atoms with Crippen molar-refractivity contribution in [1.29, 1.82) is 0 Å². The molecular formula is C15H29N5OS. The van der Waals surface area contributed by atoms with Crippen molar-refractivity contribution in [1.82, 2.24) is 5.32 Å². The summed E-state index contributed by atoms with van der Waals surface area (Å²) in [5, 5.41) is 3.25. The van der Waals surface area contributed by atoms with E-state index in [0.717, 1.165) is 6.42 Å². The van der Waals surface area contributed by atoms with Crippen molar-refractivity contribution >= 4 is 23.4 Å². The van der Waals surface area contributed by atoms with E-state index in [-0.39, 0.29) is 5.96 Å². The van der Waals surface area contributed by atoms with Crippen LogP contribution in [0.2, 0.25) is 0 Å². The molecule has 22 heavy (non-hydrogen) atoms. The van der Waals surface area contributed by atoms with Crippen molar-refractivity contribution < 1.29 is 4.74 Å². The van der Waals surface area contributed by atoms with Crippen LogP contribution in [0.3, 0.4) is 0 Å². The van der Waals surface area contributed by atoms with Crippen LogP contribution < -0.4 is 22.5 Å². The predicted molar refractivity (Wildman–Crippen MR) is 102 cm³/mol. The first-order valence-corrected chi connectivity index (χ1v) is 7.01. The van der Waals surface area contributed by atoms with E-state index in [1.54, 1.807) is 12.2 Å². The Hall–Kier alpha value is -2.12. The normalized spacial score (nSPS) is 8.86. The minimum absolute atomic E-state index is 0.115. The second-order valence-electron chi connectivity index (χ2n) is 3.32. The van der Waals surface area contributed by atoms with Crippen LogP contribution in [0.5, 0.6) is 0 Å². The fourth-order valence-electron chi connectivity index (χ4n) is 0.835. The van der Waals surface area contributed by atoms with E-state index in [2.05, 4.69) is 29.2 Å². The standard InChI is InChI=1S/C8H10.C6H14N4OS.CH5N/c1-3-5-7-8-6-4-2;1-11-6(12)10-4-2-3-9-5(7)8;1-2/h3-8H,1-2H2;2-4H2,1H3,(H,10,12)(H4,7,8,9);2H2,1H3/b7-5-,8-6-;;. The number of hydrogen-bond acceptors (Lipinski definition) is 4. The summed E-state index contributed by atoms with van der Waals surface area (Å²) in [4.78, 5) is 3.80. The largest absolute Gasteiger partial charge is 0.474 e. The van der Waals surface area contributed by atoms with Crippen LogP contribution in [0.1, 0.15) is 6.42 Å². The first-order valence-electron chi connectivity index (χ1n) is 6.60. The van der Waals surface area contributed by atoms with Crippen molar-refractivity contribution in [3.63, 3.8) is 0 Å². The van der Waals surface area contributed by atoms with Crippen molar-refractivity contribution in [3.05, 3.63) is 49.6 Å². The zero-order chi connectivity index (χ0) is 17.6. The van der Waals surface area contributed by atoms with Gasteiger partial charge in [0.05, 0.1) is 7.11 Å². The third-order valence-corrected chi connectivity index (χ3v) is 2.00. The molecule has 0 aliphatic carbocycles. The van der Waals surface area contributed by atoms with Gasteiger partial charge in [0.25, 0.3) is 5.17 Å². The summed E-state index contributed by atoms with van der Waals surface area (Å²) < 4.78 is 4.71. The van der Waals surface area contributed by atoms with Gasteiger partial charge in [0, 0.05) is 13.1 Å². The Balaban J connectivity index is -0.000000313. The first kappa shape index (κ1) is 24.9. The van der Waals surface area contributed by atoms with E-state index in [4.69, 9.17) is 28.4 Å². The lowest BCUT2D eigenvalue weighted by Gasteiger charge is -2.03. The van der Waals surface area contributed by atoms with Crippen LogP contribution in [0, 0.1) is 0 Å². The summed E-state index contributed by atoms with van der Waals surface area (Å²) in [5.74, 6) is 0.115. The van der Waals surface area contributed by atoms with Gasteiger partial charge in [-0.3, -0.25) is 4.99 Å². The molecule has 0 aliphatic rings. The third kappa shape index (κ3) is 30.7. The summed E-state index contributed by atoms with van der Waals surface area (Å²) in [6.07, 6.45) is 11.8. The molecule has 0 aliphatic heterocycles. The summed E-state index contributed by atoms with van der Waals surface area (Å²) in [6.45, 7) is 8.33. The van der Waals surface area contributed by atoms with Gasteiger partial charge in [-0.2, -0.15) is 0 Å². The molecule has 0 amide bonds. The zero-order valence-corrected chi connectivity index (χ0v) is 14.3. The SMILES string of the molecule is C=C/C=C\C=C/C=C.CN.COC(=S)NCCCN=C(N)N. The molecule has 126 valence electrons. The number of ether oxygens (including phenoxy) is 1. The number of methoxy groups -OCH3 is 1. The summed E-state index contributed by atoms with van der Waals surface area (Å²) in [6, 6.07) is 0. The van der Waals surface area contributed by atoms with Gasteiger partial charge in [-0.05, 0) is 25.7 Å². The van der Waals surface area contributed by atoms with E-state index < -0.39 is 0 Å².